The number of aromatic nitrogens is 2. The number of thiazole rings is 1. The van der Waals surface area contributed by atoms with Crippen LogP contribution in [0.3, 0.4) is 0 Å². The zero-order valence-electron chi connectivity index (χ0n) is 15.3. The molecule has 0 aliphatic carbocycles. The Bertz CT molecular complexity index is 1110. The number of benzene rings is 2. The van der Waals surface area contributed by atoms with Crippen LogP contribution in [0.5, 0.6) is 0 Å². The molecule has 7 heteroatoms. The molecule has 0 saturated heterocycles. The monoisotopic (exact) mass is 400 g/mol. The van der Waals surface area contributed by atoms with Crippen molar-refractivity contribution in [1.29, 1.82) is 0 Å². The molecule has 2 heterocycles. The van der Waals surface area contributed by atoms with Crippen molar-refractivity contribution < 1.29 is 13.6 Å². The van der Waals surface area contributed by atoms with E-state index in [-0.39, 0.29) is 6.16 Å². The average Bonchev–Trinajstić information content (AvgIpc) is 3.20. The van der Waals surface area contributed by atoms with Crippen LogP contribution >= 0.6 is 18.9 Å². The first kappa shape index (κ1) is 18.4. The predicted molar refractivity (Wildman–Crippen MR) is 111 cm³/mol. The lowest BCUT2D eigenvalue weighted by Crippen LogP contribution is -1.99. The first-order valence-electron chi connectivity index (χ1n) is 8.96. The SMILES string of the molecule is CCOP(=O)(Cc1ccc(-c2cn3c(nc4ccccc43)s2)cc1)OCC. The molecule has 0 unspecified atom stereocenters. The lowest BCUT2D eigenvalue weighted by atomic mass is 10.1. The average molecular weight is 400 g/mol. The molecule has 4 aromatic rings. The smallest absolute Gasteiger partial charge is 0.309 e. The summed E-state index contributed by atoms with van der Waals surface area (Å²) in [7, 11) is -3.08. The first-order valence-corrected chi connectivity index (χ1v) is 11.5. The normalized spacial score (nSPS) is 12.2. The Balaban J connectivity index is 1.60. The Morgan fingerprint density at radius 2 is 1.74 bits per heavy atom. The van der Waals surface area contributed by atoms with Gasteiger partial charge in [0, 0.05) is 6.20 Å². The van der Waals surface area contributed by atoms with Crippen molar-refractivity contribution in [3.05, 3.63) is 60.3 Å². The Morgan fingerprint density at radius 3 is 2.44 bits per heavy atom. The van der Waals surface area contributed by atoms with Crippen LogP contribution in [0.1, 0.15) is 19.4 Å². The second-order valence-corrected chi connectivity index (χ2v) is 9.21. The summed E-state index contributed by atoms with van der Waals surface area (Å²) >= 11 is 1.66. The second kappa shape index (κ2) is 7.56. The van der Waals surface area contributed by atoms with Gasteiger partial charge in [-0.1, -0.05) is 47.7 Å². The highest BCUT2D eigenvalue weighted by atomic mass is 32.1. The Labute approximate surface area is 162 Å². The molecule has 0 atom stereocenters. The summed E-state index contributed by atoms with van der Waals surface area (Å²) in [4.78, 5) is 6.80. The van der Waals surface area contributed by atoms with E-state index >= 15 is 0 Å². The van der Waals surface area contributed by atoms with Crippen molar-refractivity contribution in [3.63, 3.8) is 0 Å². The number of nitrogens with zero attached hydrogens (tertiary/aromatic N) is 2. The molecular formula is C20H21N2O3PS. The van der Waals surface area contributed by atoms with Crippen molar-refractivity contribution in [2.45, 2.75) is 20.0 Å². The van der Waals surface area contributed by atoms with Gasteiger partial charge in [-0.3, -0.25) is 8.97 Å². The van der Waals surface area contributed by atoms with E-state index in [2.05, 4.69) is 21.6 Å². The van der Waals surface area contributed by atoms with Crippen LogP contribution in [0.2, 0.25) is 0 Å². The molecule has 0 fully saturated rings. The van der Waals surface area contributed by atoms with Gasteiger partial charge < -0.3 is 9.05 Å². The molecule has 0 N–H and O–H groups in total. The summed E-state index contributed by atoms with van der Waals surface area (Å²) in [6.45, 7) is 4.40. The molecule has 0 saturated carbocycles. The maximum absolute atomic E-state index is 12.7. The van der Waals surface area contributed by atoms with Crippen LogP contribution in [0.25, 0.3) is 26.4 Å². The van der Waals surface area contributed by atoms with Gasteiger partial charge >= 0.3 is 7.60 Å². The predicted octanol–water partition coefficient (Wildman–Crippen LogP) is 5.98. The number of para-hydroxylation sites is 2. The topological polar surface area (TPSA) is 52.8 Å². The molecule has 140 valence electrons. The molecule has 0 bridgehead atoms. The molecule has 27 heavy (non-hydrogen) atoms. The number of fused-ring (bicyclic) bond motifs is 3. The van der Waals surface area contributed by atoms with Crippen LogP contribution in [0.4, 0.5) is 0 Å². The van der Waals surface area contributed by atoms with E-state index in [1.807, 2.05) is 56.3 Å². The van der Waals surface area contributed by atoms with Gasteiger partial charge in [-0.25, -0.2) is 4.98 Å². The molecule has 0 amide bonds. The van der Waals surface area contributed by atoms with Crippen molar-refractivity contribution in [3.8, 4) is 10.4 Å². The third kappa shape index (κ3) is 3.71. The molecule has 0 aliphatic heterocycles. The fourth-order valence-corrected chi connectivity index (χ4v) is 5.82. The molecule has 4 rings (SSSR count). The van der Waals surface area contributed by atoms with E-state index < -0.39 is 7.60 Å². The maximum Gasteiger partial charge on any atom is 0.335 e. The molecule has 0 spiro atoms. The van der Waals surface area contributed by atoms with Crippen LogP contribution in [-0.4, -0.2) is 22.6 Å². The lowest BCUT2D eigenvalue weighted by molar-refractivity contribution is 0.219. The first-order chi connectivity index (χ1) is 13.1. The van der Waals surface area contributed by atoms with Gasteiger partial charge in [0.1, 0.15) is 0 Å². The highest BCUT2D eigenvalue weighted by Crippen LogP contribution is 2.51. The van der Waals surface area contributed by atoms with Crippen LogP contribution in [-0.2, 0) is 19.8 Å². The number of hydrogen-bond donors (Lipinski definition) is 0. The van der Waals surface area contributed by atoms with Crippen LogP contribution < -0.4 is 0 Å². The summed E-state index contributed by atoms with van der Waals surface area (Å²) in [5.74, 6) is 0. The summed E-state index contributed by atoms with van der Waals surface area (Å²) in [6.07, 6.45) is 2.41. The molecule has 0 aliphatic rings. The van der Waals surface area contributed by atoms with Crippen LogP contribution in [0, 0.1) is 0 Å². The molecule has 2 aromatic carbocycles. The minimum Gasteiger partial charge on any atom is -0.309 e. The van der Waals surface area contributed by atoms with E-state index in [9.17, 15) is 4.57 Å². The fourth-order valence-electron chi connectivity index (χ4n) is 3.11. The van der Waals surface area contributed by atoms with E-state index in [1.54, 1.807) is 11.3 Å². The molecule has 0 radical (unpaired) electrons. The zero-order valence-corrected chi connectivity index (χ0v) is 17.0. The van der Waals surface area contributed by atoms with Gasteiger partial charge in [0.25, 0.3) is 0 Å². The second-order valence-electron chi connectivity index (χ2n) is 6.15. The van der Waals surface area contributed by atoms with Gasteiger partial charge in [0.2, 0.25) is 0 Å². The summed E-state index contributed by atoms with van der Waals surface area (Å²) in [5.41, 5.74) is 4.17. The van der Waals surface area contributed by atoms with Gasteiger partial charge in [-0.2, -0.15) is 0 Å². The minimum absolute atomic E-state index is 0.285. The highest BCUT2D eigenvalue weighted by Gasteiger charge is 2.24. The van der Waals surface area contributed by atoms with Crippen LogP contribution in [0.15, 0.2) is 54.7 Å². The Kier molecular flexibility index (Phi) is 5.15. The van der Waals surface area contributed by atoms with E-state index in [1.165, 1.54) is 0 Å². The summed E-state index contributed by atoms with van der Waals surface area (Å²) < 4.78 is 25.6. The van der Waals surface area contributed by atoms with Gasteiger partial charge in [0.05, 0.1) is 35.3 Å². The summed E-state index contributed by atoms with van der Waals surface area (Å²) in [6, 6.07) is 16.2. The lowest BCUT2D eigenvalue weighted by Gasteiger charge is -2.17. The van der Waals surface area contributed by atoms with Gasteiger partial charge in [-0.05, 0) is 37.1 Å². The van der Waals surface area contributed by atoms with E-state index in [0.29, 0.717) is 13.2 Å². The van der Waals surface area contributed by atoms with Gasteiger partial charge in [0.15, 0.2) is 4.96 Å². The fraction of sp³-hybridized carbons (Fsp3) is 0.250. The molecular weight excluding hydrogens is 379 g/mol. The molecule has 2 aromatic heterocycles. The largest absolute Gasteiger partial charge is 0.335 e. The zero-order chi connectivity index (χ0) is 18.9. The number of rotatable bonds is 7. The number of imidazole rings is 1. The van der Waals surface area contributed by atoms with Crippen molar-refractivity contribution in [1.82, 2.24) is 9.38 Å². The maximum atomic E-state index is 12.7. The third-order valence-electron chi connectivity index (χ3n) is 4.28. The van der Waals surface area contributed by atoms with Crippen molar-refractivity contribution in [2.75, 3.05) is 13.2 Å². The van der Waals surface area contributed by atoms with E-state index in [4.69, 9.17) is 9.05 Å². The van der Waals surface area contributed by atoms with Crippen molar-refractivity contribution >= 4 is 34.9 Å². The number of hydrogen-bond acceptors (Lipinski definition) is 5. The standard InChI is InChI=1S/C20H21N2O3PS/c1-3-24-26(23,25-4-2)14-15-9-11-16(12-10-15)19-13-22-18-8-6-5-7-17(18)21-20(22)27-19/h5-13H,3-4,14H2,1-2H3. The minimum atomic E-state index is -3.08. The highest BCUT2D eigenvalue weighted by molar-refractivity contribution is 7.53. The third-order valence-corrected chi connectivity index (χ3v) is 7.36. The quantitative estimate of drug-likeness (QED) is 0.358. The Hall–Kier alpha value is -1.98. The van der Waals surface area contributed by atoms with Crippen molar-refractivity contribution in [2.24, 2.45) is 0 Å². The Morgan fingerprint density at radius 1 is 1.04 bits per heavy atom. The summed E-state index contributed by atoms with van der Waals surface area (Å²) in [5, 5.41) is 0. The van der Waals surface area contributed by atoms with Gasteiger partial charge in [-0.15, -0.1) is 0 Å². The molecule has 5 nitrogen and oxygen atoms in total. The van der Waals surface area contributed by atoms with E-state index in [0.717, 1.165) is 32.0 Å².